The highest BCUT2D eigenvalue weighted by Gasteiger charge is 2.35. The summed E-state index contributed by atoms with van der Waals surface area (Å²) in [5.74, 6) is -2.81. The summed E-state index contributed by atoms with van der Waals surface area (Å²) >= 11 is 0. The van der Waals surface area contributed by atoms with Gasteiger partial charge in [0.2, 0.25) is 5.76 Å². The van der Waals surface area contributed by atoms with Crippen molar-refractivity contribution in [1.29, 1.82) is 5.41 Å². The molecule has 7 nitrogen and oxygen atoms in total. The van der Waals surface area contributed by atoms with Gasteiger partial charge >= 0.3 is 0 Å². The number of hydrogen-bond donors (Lipinski definition) is 2. The lowest BCUT2D eigenvalue weighted by atomic mass is 10.1. The molecule has 0 bridgehead atoms. The average Bonchev–Trinajstić information content (AvgIpc) is 3.18. The number of hydrogen-bond acceptors (Lipinski definition) is 5. The van der Waals surface area contributed by atoms with Gasteiger partial charge in [-0.2, -0.15) is 0 Å². The fourth-order valence-corrected chi connectivity index (χ4v) is 5.66. The molecule has 1 saturated heterocycles. The highest BCUT2D eigenvalue weighted by molar-refractivity contribution is 7.83. The Kier molecular flexibility index (Phi) is 8.33. The molecule has 1 aliphatic carbocycles. The SMILES string of the molecule is CC(C)S(=O)N1CCN(/C(C=N)=C(\OC2C[C@H](F)c3ccccc32)C(=O)Nc2cc(F)cc(F)c2)CC1. The normalized spacial score (nSPS) is 21.3. The Balaban J connectivity index is 1.65. The van der Waals surface area contributed by atoms with Crippen LogP contribution in [0.15, 0.2) is 53.9 Å². The van der Waals surface area contributed by atoms with E-state index in [1.54, 1.807) is 29.2 Å². The van der Waals surface area contributed by atoms with Crippen molar-refractivity contribution in [2.45, 2.75) is 37.8 Å². The largest absolute Gasteiger partial charge is 0.478 e. The van der Waals surface area contributed by atoms with Gasteiger partial charge in [-0.1, -0.05) is 24.3 Å². The predicted molar refractivity (Wildman–Crippen MR) is 136 cm³/mol. The number of nitrogens with one attached hydrogen (secondary N) is 2. The van der Waals surface area contributed by atoms with Crippen LogP contribution in [0.3, 0.4) is 0 Å². The van der Waals surface area contributed by atoms with Crippen LogP contribution in [-0.4, -0.2) is 57.0 Å². The average molecular weight is 535 g/mol. The number of allylic oxidation sites excluding steroid dienone is 1. The number of carbonyl (C=O) groups excluding carboxylic acids is 1. The summed E-state index contributed by atoms with van der Waals surface area (Å²) in [4.78, 5) is 15.2. The molecule has 2 aliphatic rings. The van der Waals surface area contributed by atoms with Crippen molar-refractivity contribution < 1.29 is 26.9 Å². The molecule has 11 heteroatoms. The van der Waals surface area contributed by atoms with Crippen molar-refractivity contribution in [3.05, 3.63) is 76.7 Å². The first-order chi connectivity index (χ1) is 17.7. The van der Waals surface area contributed by atoms with E-state index in [1.807, 2.05) is 18.2 Å². The van der Waals surface area contributed by atoms with Crippen LogP contribution in [0, 0.1) is 17.0 Å². The van der Waals surface area contributed by atoms with Crippen molar-refractivity contribution in [3.63, 3.8) is 0 Å². The standard InChI is InChI=1S/C26H29F3N4O3S/c1-16(2)37(35)33-9-7-32(8-10-33)23(15-30)25(26(34)31-19-12-17(27)11-18(28)13-19)36-24-14-22(29)20-5-3-4-6-21(20)24/h3-6,11-13,15-16,22,24,30H,7-10,14H2,1-2H3,(H,31,34)/b25-23-,30-15?/t22-,24?,37?/m0/s1. The number of benzene rings is 2. The van der Waals surface area contributed by atoms with Crippen molar-refractivity contribution in [2.75, 3.05) is 31.5 Å². The van der Waals surface area contributed by atoms with Crippen LogP contribution in [-0.2, 0) is 20.5 Å². The van der Waals surface area contributed by atoms with Crippen molar-refractivity contribution >= 4 is 28.8 Å². The fraction of sp³-hybridized carbons (Fsp3) is 0.385. The maximum atomic E-state index is 14.7. The second-order valence-electron chi connectivity index (χ2n) is 9.15. The molecule has 1 fully saturated rings. The highest BCUT2D eigenvalue weighted by atomic mass is 32.2. The number of rotatable bonds is 8. The minimum Gasteiger partial charge on any atom is -0.478 e. The van der Waals surface area contributed by atoms with Gasteiger partial charge in [-0.15, -0.1) is 0 Å². The number of nitrogens with zero attached hydrogens (tertiary/aromatic N) is 2. The van der Waals surface area contributed by atoms with Crippen LogP contribution in [0.4, 0.5) is 18.9 Å². The van der Waals surface area contributed by atoms with Crippen LogP contribution in [0.25, 0.3) is 0 Å². The van der Waals surface area contributed by atoms with E-state index in [1.165, 1.54) is 0 Å². The minimum absolute atomic E-state index is 0.0167. The first kappa shape index (κ1) is 26.9. The molecule has 2 aromatic carbocycles. The smallest absolute Gasteiger partial charge is 0.293 e. The van der Waals surface area contributed by atoms with Gasteiger partial charge in [-0.3, -0.25) is 4.79 Å². The second kappa shape index (κ2) is 11.5. The van der Waals surface area contributed by atoms with Gasteiger partial charge in [0, 0.05) is 55.8 Å². The second-order valence-corrected chi connectivity index (χ2v) is 11.2. The lowest BCUT2D eigenvalue weighted by Gasteiger charge is -2.36. The van der Waals surface area contributed by atoms with Crippen LogP contribution in [0.5, 0.6) is 0 Å². The molecule has 3 atom stereocenters. The van der Waals surface area contributed by atoms with Gasteiger partial charge in [0.1, 0.15) is 29.6 Å². The molecular weight excluding hydrogens is 505 g/mol. The third-order valence-electron chi connectivity index (χ3n) is 6.29. The number of anilines is 1. The Morgan fingerprint density at radius 1 is 1.11 bits per heavy atom. The Labute approximate surface area is 216 Å². The Hall–Kier alpha value is -3.18. The summed E-state index contributed by atoms with van der Waals surface area (Å²) in [6, 6.07) is 9.46. The number of ether oxygens (including phenoxy) is 1. The summed E-state index contributed by atoms with van der Waals surface area (Å²) < 4.78 is 62.6. The van der Waals surface area contributed by atoms with Gasteiger partial charge < -0.3 is 20.4 Å². The molecule has 0 spiro atoms. The Morgan fingerprint density at radius 2 is 1.73 bits per heavy atom. The van der Waals surface area contributed by atoms with Gasteiger partial charge in [-0.25, -0.2) is 21.7 Å². The Bertz CT molecular complexity index is 1210. The summed E-state index contributed by atoms with van der Waals surface area (Å²) in [6.07, 6.45) is -1.11. The first-order valence-electron chi connectivity index (χ1n) is 12.0. The molecule has 1 amide bonds. The fourth-order valence-electron chi connectivity index (χ4n) is 4.54. The van der Waals surface area contributed by atoms with E-state index < -0.39 is 40.8 Å². The zero-order valence-electron chi connectivity index (χ0n) is 20.5. The highest BCUT2D eigenvalue weighted by Crippen LogP contribution is 2.44. The van der Waals surface area contributed by atoms with Crippen molar-refractivity contribution in [1.82, 2.24) is 9.21 Å². The number of halogens is 3. The van der Waals surface area contributed by atoms with Crippen LogP contribution < -0.4 is 5.32 Å². The minimum atomic E-state index is -1.28. The maximum absolute atomic E-state index is 14.7. The topological polar surface area (TPSA) is 85.7 Å². The molecule has 198 valence electrons. The lowest BCUT2D eigenvalue weighted by molar-refractivity contribution is -0.117. The van der Waals surface area contributed by atoms with E-state index in [9.17, 15) is 22.2 Å². The van der Waals surface area contributed by atoms with Crippen molar-refractivity contribution in [2.24, 2.45) is 0 Å². The third-order valence-corrected chi connectivity index (χ3v) is 7.98. The predicted octanol–water partition coefficient (Wildman–Crippen LogP) is 4.63. The quantitative estimate of drug-likeness (QED) is 0.294. The van der Waals surface area contributed by atoms with E-state index in [-0.39, 0.29) is 28.8 Å². The van der Waals surface area contributed by atoms with Gasteiger partial charge in [0.15, 0.2) is 0 Å². The first-order valence-corrected chi connectivity index (χ1v) is 13.2. The van der Waals surface area contributed by atoms with E-state index >= 15 is 0 Å². The number of alkyl halides is 1. The molecule has 2 aromatic rings. The van der Waals surface area contributed by atoms with Gasteiger partial charge in [0.05, 0.1) is 11.0 Å². The van der Waals surface area contributed by atoms with Crippen LogP contribution >= 0.6 is 0 Å². The van der Waals surface area contributed by atoms with E-state index in [0.717, 1.165) is 18.3 Å². The molecule has 2 unspecified atom stereocenters. The zero-order valence-corrected chi connectivity index (χ0v) is 21.4. The summed E-state index contributed by atoms with van der Waals surface area (Å²) in [5.41, 5.74) is 1.09. The molecule has 37 heavy (non-hydrogen) atoms. The summed E-state index contributed by atoms with van der Waals surface area (Å²) in [5, 5.41) is 10.5. The van der Waals surface area contributed by atoms with E-state index in [0.29, 0.717) is 43.4 Å². The van der Waals surface area contributed by atoms with Crippen molar-refractivity contribution in [3.8, 4) is 0 Å². The monoisotopic (exact) mass is 534 g/mol. The number of piperazine rings is 1. The molecule has 1 heterocycles. The molecular formula is C26H29F3N4O3S. The third kappa shape index (κ3) is 6.04. The van der Waals surface area contributed by atoms with E-state index in [2.05, 4.69) is 5.32 Å². The molecule has 4 rings (SSSR count). The summed E-state index contributed by atoms with van der Waals surface area (Å²) in [6.45, 7) is 5.34. The number of amides is 1. The lowest BCUT2D eigenvalue weighted by Crippen LogP contribution is -2.48. The van der Waals surface area contributed by atoms with Gasteiger partial charge in [0.25, 0.3) is 5.91 Å². The van der Waals surface area contributed by atoms with E-state index in [4.69, 9.17) is 10.1 Å². The molecule has 0 aromatic heterocycles. The molecule has 0 radical (unpaired) electrons. The molecule has 0 saturated carbocycles. The molecule has 2 N–H and O–H groups in total. The van der Waals surface area contributed by atoms with Gasteiger partial charge in [-0.05, 0) is 37.1 Å². The maximum Gasteiger partial charge on any atom is 0.293 e. The number of fused-ring (bicyclic) bond motifs is 1. The zero-order chi connectivity index (χ0) is 26.7. The Morgan fingerprint density at radius 3 is 2.32 bits per heavy atom. The number of carbonyl (C=O) groups is 1. The van der Waals surface area contributed by atoms with Crippen LogP contribution in [0.2, 0.25) is 0 Å². The molecule has 1 aliphatic heterocycles. The summed E-state index contributed by atoms with van der Waals surface area (Å²) in [7, 11) is -1.16. The van der Waals surface area contributed by atoms with Crippen LogP contribution in [0.1, 0.15) is 43.7 Å².